The lowest BCUT2D eigenvalue weighted by atomic mass is 10.0. The molecule has 0 amide bonds. The summed E-state index contributed by atoms with van der Waals surface area (Å²) in [6, 6.07) is 101. The van der Waals surface area contributed by atoms with Crippen molar-refractivity contribution < 1.29 is 8.83 Å². The molecule has 390 valence electrons. The second-order valence-corrected chi connectivity index (χ2v) is 22.3. The van der Waals surface area contributed by atoms with Gasteiger partial charge in [0.05, 0.1) is 55.8 Å². The van der Waals surface area contributed by atoms with E-state index in [9.17, 15) is 0 Å². The number of furan rings is 2. The fourth-order valence-corrected chi connectivity index (χ4v) is 14.4. The maximum Gasteiger partial charge on any atom is 0.159 e. The van der Waals surface area contributed by atoms with Crippen LogP contribution in [0.4, 0.5) is 34.1 Å². The minimum atomic E-state index is 0.849. The first kappa shape index (κ1) is 45.4. The van der Waals surface area contributed by atoms with Crippen molar-refractivity contribution in [2.75, 3.05) is 9.80 Å². The Bertz CT molecular complexity index is 5520. The lowest BCUT2D eigenvalue weighted by molar-refractivity contribution is 0.669. The molecule has 84 heavy (non-hydrogen) atoms. The van der Waals surface area contributed by atoms with Crippen molar-refractivity contribution in [2.24, 2.45) is 0 Å². The molecular weight excluding hydrogens is 1020 g/mol. The lowest BCUT2D eigenvalue weighted by Gasteiger charge is -2.27. The Morgan fingerprint density at radius 1 is 0.238 bits per heavy atom. The highest BCUT2D eigenvalue weighted by Crippen LogP contribution is 2.53. The predicted octanol–water partition coefficient (Wildman–Crippen LogP) is 22.1. The van der Waals surface area contributed by atoms with E-state index in [1.54, 1.807) is 0 Å². The Labute approximate surface area is 480 Å². The second-order valence-electron chi connectivity index (χ2n) is 22.3. The molecule has 0 fully saturated rings. The van der Waals surface area contributed by atoms with Gasteiger partial charge in [0.15, 0.2) is 11.2 Å². The minimum Gasteiger partial charge on any atom is -0.454 e. The quantitative estimate of drug-likeness (QED) is 0.152. The smallest absolute Gasteiger partial charge is 0.159 e. The monoisotopic (exact) mass is 1070 g/mol. The minimum absolute atomic E-state index is 0.849. The normalized spacial score (nSPS) is 12.3. The van der Waals surface area contributed by atoms with Crippen molar-refractivity contribution in [3.63, 3.8) is 0 Å². The number of hydrogen-bond acceptors (Lipinski definition) is 4. The summed E-state index contributed by atoms with van der Waals surface area (Å²) >= 11 is 0. The summed E-state index contributed by atoms with van der Waals surface area (Å²) in [6.07, 6.45) is 0. The highest BCUT2D eigenvalue weighted by molar-refractivity contribution is 6.33. The SMILES string of the molecule is c1ccc(-c2cccc(N(c3cccc4c3oc3ccccc34)c3ccc4c5cc6c(cc5n5c7ccccc7c3c45)c3ccc(N(c4cccc(-c5ccccc5)c4)c4cccc5c4oc4ccccc45)c4c5ccccc5n6c34)c2)cc1. The molecule has 19 rings (SSSR count). The number of aromatic nitrogens is 2. The van der Waals surface area contributed by atoms with Crippen LogP contribution in [0, 0.1) is 0 Å². The second kappa shape index (κ2) is 17.1. The predicted molar refractivity (Wildman–Crippen MR) is 351 cm³/mol. The molecule has 0 unspecified atom stereocenters. The Hall–Kier alpha value is -11.3. The average Bonchev–Trinajstić information content (AvgIpc) is 1.65. The average molecular weight is 1070 g/mol. The summed E-state index contributed by atoms with van der Waals surface area (Å²) in [4.78, 5) is 4.87. The van der Waals surface area contributed by atoms with E-state index < -0.39 is 0 Å². The van der Waals surface area contributed by atoms with Gasteiger partial charge in [0, 0.05) is 76.0 Å². The van der Waals surface area contributed by atoms with Gasteiger partial charge in [0.1, 0.15) is 11.2 Å². The van der Waals surface area contributed by atoms with E-state index >= 15 is 0 Å². The van der Waals surface area contributed by atoms with E-state index in [0.717, 1.165) is 111 Å². The molecule has 0 aliphatic rings. The number of anilines is 6. The van der Waals surface area contributed by atoms with Crippen molar-refractivity contribution in [3.8, 4) is 22.3 Å². The van der Waals surface area contributed by atoms with Gasteiger partial charge in [-0.2, -0.15) is 0 Å². The van der Waals surface area contributed by atoms with Gasteiger partial charge in [-0.05, 0) is 107 Å². The molecule has 6 heteroatoms. The number of hydrogen-bond donors (Lipinski definition) is 0. The molecule has 6 heterocycles. The Morgan fingerprint density at radius 3 is 1.08 bits per heavy atom. The molecule has 0 bridgehead atoms. The standard InChI is InChI=1S/C78H46N4O2/c1-3-19-47(20-4-1)49-23-15-25-51(43-49)79(67-35-17-31-57-53-27-9-13-37-71(53)83-77(57)67)65-41-39-55-61-45-70-62(46-69(61)81-63-33-11-7-29-59(63)73(65)75(55)81)56-40-42-66(74-60-30-8-12-34-64(60)82(70)76(56)74)80(52-26-16-24-50(44-52)48-21-5-2-6-22-48)68-36-18-32-58-54-28-10-14-38-72(54)84-78(58)68/h1-46H. The molecule has 0 aliphatic heterocycles. The molecule has 0 aliphatic carbocycles. The Morgan fingerprint density at radius 2 is 0.619 bits per heavy atom. The number of benzene rings is 13. The fraction of sp³-hybridized carbons (Fsp3) is 0. The van der Waals surface area contributed by atoms with Gasteiger partial charge in [-0.1, -0.05) is 194 Å². The highest BCUT2D eigenvalue weighted by Gasteiger charge is 2.30. The van der Waals surface area contributed by atoms with Crippen LogP contribution in [0.2, 0.25) is 0 Å². The number of fused-ring (bicyclic) bond motifs is 18. The molecular formula is C78H46N4O2. The first-order valence-electron chi connectivity index (χ1n) is 28.7. The van der Waals surface area contributed by atoms with Gasteiger partial charge < -0.3 is 27.4 Å². The topological polar surface area (TPSA) is 41.6 Å². The molecule has 19 aromatic rings. The van der Waals surface area contributed by atoms with E-state index in [4.69, 9.17) is 8.83 Å². The summed E-state index contributed by atoms with van der Waals surface area (Å²) in [5.41, 5.74) is 21.3. The first-order valence-corrected chi connectivity index (χ1v) is 28.7. The van der Waals surface area contributed by atoms with Crippen LogP contribution in [-0.2, 0) is 0 Å². The lowest BCUT2D eigenvalue weighted by Crippen LogP contribution is -2.11. The summed E-state index contributed by atoms with van der Waals surface area (Å²) in [5, 5.41) is 13.9. The van der Waals surface area contributed by atoms with Crippen molar-refractivity contribution >= 4 is 154 Å². The molecule has 0 atom stereocenters. The van der Waals surface area contributed by atoms with Gasteiger partial charge in [0.2, 0.25) is 0 Å². The van der Waals surface area contributed by atoms with E-state index in [1.165, 1.54) is 65.2 Å². The van der Waals surface area contributed by atoms with Crippen LogP contribution < -0.4 is 9.80 Å². The van der Waals surface area contributed by atoms with Crippen LogP contribution >= 0.6 is 0 Å². The van der Waals surface area contributed by atoms with E-state index in [2.05, 4.69) is 298 Å². The fourth-order valence-electron chi connectivity index (χ4n) is 14.4. The van der Waals surface area contributed by atoms with Gasteiger partial charge >= 0.3 is 0 Å². The van der Waals surface area contributed by atoms with Gasteiger partial charge in [-0.3, -0.25) is 0 Å². The first-order chi connectivity index (χ1) is 41.7. The summed E-state index contributed by atoms with van der Waals surface area (Å²) < 4.78 is 18.9. The van der Waals surface area contributed by atoms with Crippen LogP contribution in [0.5, 0.6) is 0 Å². The molecule has 13 aromatic carbocycles. The van der Waals surface area contributed by atoms with Crippen molar-refractivity contribution in [2.45, 2.75) is 0 Å². The zero-order valence-corrected chi connectivity index (χ0v) is 45.2. The molecule has 6 aromatic heterocycles. The molecule has 6 nitrogen and oxygen atoms in total. The summed E-state index contributed by atoms with van der Waals surface area (Å²) in [6.45, 7) is 0. The molecule has 0 N–H and O–H groups in total. The van der Waals surface area contributed by atoms with Gasteiger partial charge in [0.25, 0.3) is 0 Å². The molecule has 0 spiro atoms. The number of rotatable bonds is 8. The van der Waals surface area contributed by atoms with Gasteiger partial charge in [-0.15, -0.1) is 0 Å². The van der Waals surface area contributed by atoms with Crippen LogP contribution in [0.25, 0.3) is 142 Å². The van der Waals surface area contributed by atoms with E-state index in [0.29, 0.717) is 0 Å². The van der Waals surface area contributed by atoms with Crippen molar-refractivity contribution in [1.82, 2.24) is 8.80 Å². The third-order valence-corrected chi connectivity index (χ3v) is 17.9. The largest absolute Gasteiger partial charge is 0.454 e. The van der Waals surface area contributed by atoms with Crippen LogP contribution in [0.1, 0.15) is 0 Å². The van der Waals surface area contributed by atoms with Crippen molar-refractivity contribution in [1.29, 1.82) is 0 Å². The Kier molecular flexibility index (Phi) is 9.24. The van der Waals surface area contributed by atoms with Crippen molar-refractivity contribution in [3.05, 3.63) is 279 Å². The zero-order chi connectivity index (χ0) is 54.7. The Balaban J connectivity index is 0.877. The third kappa shape index (κ3) is 6.23. The summed E-state index contributed by atoms with van der Waals surface area (Å²) in [7, 11) is 0. The highest BCUT2D eigenvalue weighted by atomic mass is 16.3. The molecule has 0 radical (unpaired) electrons. The van der Waals surface area contributed by atoms with E-state index in [-0.39, 0.29) is 0 Å². The number of para-hydroxylation sites is 6. The third-order valence-electron chi connectivity index (χ3n) is 17.9. The van der Waals surface area contributed by atoms with Crippen LogP contribution in [0.15, 0.2) is 288 Å². The van der Waals surface area contributed by atoms with Gasteiger partial charge in [-0.25, -0.2) is 0 Å². The maximum absolute atomic E-state index is 6.89. The maximum atomic E-state index is 6.89. The number of nitrogens with zero attached hydrogens (tertiary/aromatic N) is 4. The zero-order valence-electron chi connectivity index (χ0n) is 45.2. The molecule has 0 saturated carbocycles. The van der Waals surface area contributed by atoms with E-state index in [1.807, 2.05) is 0 Å². The van der Waals surface area contributed by atoms with Crippen LogP contribution in [-0.4, -0.2) is 8.80 Å². The van der Waals surface area contributed by atoms with Crippen LogP contribution in [0.3, 0.4) is 0 Å². The molecule has 0 saturated heterocycles. The summed E-state index contributed by atoms with van der Waals surface area (Å²) in [5.74, 6) is 0.